The van der Waals surface area contributed by atoms with Crippen LogP contribution in [-0.4, -0.2) is 35.2 Å². The summed E-state index contributed by atoms with van der Waals surface area (Å²) in [5.41, 5.74) is 1.82. The van der Waals surface area contributed by atoms with Gasteiger partial charge in [-0.15, -0.1) is 0 Å². The van der Waals surface area contributed by atoms with Crippen molar-refractivity contribution in [2.45, 2.75) is 25.9 Å². The number of β-amino-alcohol motifs (C(OH)–C–C–N with tert-alkyl or cyclic N) is 1. The molecular formula is C13H17BrN2O2. The summed E-state index contributed by atoms with van der Waals surface area (Å²) in [7, 11) is 0. The largest absolute Gasteiger partial charge is 0.391 e. The van der Waals surface area contributed by atoms with Gasteiger partial charge >= 0.3 is 6.03 Å². The second-order valence-corrected chi connectivity index (χ2v) is 5.55. The van der Waals surface area contributed by atoms with E-state index in [1.807, 2.05) is 25.1 Å². The van der Waals surface area contributed by atoms with E-state index in [9.17, 15) is 9.90 Å². The van der Waals surface area contributed by atoms with Gasteiger partial charge in [-0.1, -0.05) is 22.0 Å². The first-order valence-corrected chi connectivity index (χ1v) is 6.85. The van der Waals surface area contributed by atoms with Gasteiger partial charge in [-0.3, -0.25) is 0 Å². The highest BCUT2D eigenvalue weighted by Gasteiger charge is 2.22. The minimum absolute atomic E-state index is 0.144. The van der Waals surface area contributed by atoms with Crippen molar-refractivity contribution in [3.63, 3.8) is 0 Å². The van der Waals surface area contributed by atoms with Crippen LogP contribution in [0.2, 0.25) is 0 Å². The lowest BCUT2D eigenvalue weighted by Gasteiger charge is -2.30. The van der Waals surface area contributed by atoms with Crippen molar-refractivity contribution in [1.82, 2.24) is 4.90 Å². The first kappa shape index (κ1) is 13.4. The third-order valence-corrected chi connectivity index (χ3v) is 3.62. The van der Waals surface area contributed by atoms with E-state index in [0.29, 0.717) is 13.1 Å². The topological polar surface area (TPSA) is 52.6 Å². The molecule has 1 fully saturated rings. The van der Waals surface area contributed by atoms with Crippen LogP contribution in [0.3, 0.4) is 0 Å². The molecule has 0 saturated carbocycles. The van der Waals surface area contributed by atoms with Crippen LogP contribution in [0.5, 0.6) is 0 Å². The van der Waals surface area contributed by atoms with Crippen LogP contribution in [0.1, 0.15) is 18.4 Å². The van der Waals surface area contributed by atoms with E-state index < -0.39 is 6.10 Å². The Bertz CT molecular complexity index is 451. The number of likely N-dealkylation sites (tertiary alicyclic amines) is 1. The van der Waals surface area contributed by atoms with Crippen molar-refractivity contribution in [2.24, 2.45) is 0 Å². The minimum Gasteiger partial charge on any atom is -0.391 e. The number of hydrogen-bond donors (Lipinski definition) is 2. The maximum Gasteiger partial charge on any atom is 0.321 e. The number of piperidine rings is 1. The number of aliphatic hydroxyl groups is 1. The quantitative estimate of drug-likeness (QED) is 0.837. The first-order valence-electron chi connectivity index (χ1n) is 6.06. The van der Waals surface area contributed by atoms with Crippen LogP contribution < -0.4 is 5.32 Å². The molecule has 1 atom stereocenters. The Morgan fingerprint density at radius 1 is 1.56 bits per heavy atom. The van der Waals surface area contributed by atoms with Crippen molar-refractivity contribution in [1.29, 1.82) is 0 Å². The molecule has 4 nitrogen and oxygen atoms in total. The fourth-order valence-corrected chi connectivity index (χ4v) is 2.42. The van der Waals surface area contributed by atoms with Gasteiger partial charge in [0.25, 0.3) is 0 Å². The number of amides is 2. The average molecular weight is 313 g/mol. The molecule has 0 radical (unpaired) electrons. The van der Waals surface area contributed by atoms with Crippen molar-refractivity contribution in [2.75, 3.05) is 18.4 Å². The van der Waals surface area contributed by atoms with Crippen LogP contribution in [0.25, 0.3) is 0 Å². The number of urea groups is 1. The van der Waals surface area contributed by atoms with Gasteiger partial charge in [0.05, 0.1) is 6.10 Å². The molecule has 5 heteroatoms. The van der Waals surface area contributed by atoms with Crippen molar-refractivity contribution >= 4 is 27.6 Å². The number of hydrogen-bond acceptors (Lipinski definition) is 2. The number of carbonyl (C=O) groups excluding carboxylic acids is 1. The molecule has 1 aliphatic heterocycles. The summed E-state index contributed by atoms with van der Waals surface area (Å²) in [4.78, 5) is 13.7. The molecule has 2 N–H and O–H groups in total. The van der Waals surface area contributed by atoms with Gasteiger partial charge in [0.2, 0.25) is 0 Å². The number of carbonyl (C=O) groups is 1. The first-order chi connectivity index (χ1) is 8.56. The highest BCUT2D eigenvalue weighted by molar-refractivity contribution is 9.10. The summed E-state index contributed by atoms with van der Waals surface area (Å²) in [6.07, 6.45) is 1.24. The Labute approximate surface area is 115 Å². The van der Waals surface area contributed by atoms with Gasteiger partial charge in [0, 0.05) is 23.2 Å². The van der Waals surface area contributed by atoms with Gasteiger partial charge in [-0.2, -0.15) is 0 Å². The summed E-state index contributed by atoms with van der Waals surface area (Å²) in [5, 5.41) is 12.5. The lowest BCUT2D eigenvalue weighted by Crippen LogP contribution is -2.44. The van der Waals surface area contributed by atoms with Gasteiger partial charge in [0.1, 0.15) is 0 Å². The smallest absolute Gasteiger partial charge is 0.321 e. The highest BCUT2D eigenvalue weighted by Crippen LogP contribution is 2.21. The average Bonchev–Trinajstić information content (AvgIpc) is 2.34. The zero-order chi connectivity index (χ0) is 13.1. The molecule has 1 heterocycles. The molecule has 1 saturated heterocycles. The van der Waals surface area contributed by atoms with Crippen LogP contribution in [0.4, 0.5) is 10.5 Å². The molecule has 98 valence electrons. The lowest BCUT2D eigenvalue weighted by molar-refractivity contribution is 0.0883. The summed E-state index contributed by atoms with van der Waals surface area (Å²) in [6, 6.07) is 5.63. The molecule has 0 bridgehead atoms. The molecule has 0 aromatic heterocycles. The molecule has 2 amide bonds. The number of aryl methyl sites for hydroxylation is 1. The van der Waals surface area contributed by atoms with E-state index in [0.717, 1.165) is 28.6 Å². The van der Waals surface area contributed by atoms with E-state index in [4.69, 9.17) is 0 Å². The molecule has 0 aliphatic carbocycles. The van der Waals surface area contributed by atoms with E-state index in [-0.39, 0.29) is 6.03 Å². The Morgan fingerprint density at radius 3 is 3.06 bits per heavy atom. The fourth-order valence-electron chi connectivity index (χ4n) is 2.06. The summed E-state index contributed by atoms with van der Waals surface area (Å²) in [5.74, 6) is 0. The second-order valence-electron chi connectivity index (χ2n) is 4.63. The van der Waals surface area contributed by atoms with E-state index >= 15 is 0 Å². The molecule has 2 rings (SSSR count). The Balaban J connectivity index is 2.04. The molecule has 18 heavy (non-hydrogen) atoms. The van der Waals surface area contributed by atoms with Gasteiger partial charge in [0.15, 0.2) is 0 Å². The second kappa shape index (κ2) is 5.71. The predicted octanol–water partition coefficient (Wildman–Crippen LogP) is 2.75. The van der Waals surface area contributed by atoms with Crippen LogP contribution in [0.15, 0.2) is 22.7 Å². The molecule has 1 aromatic rings. The van der Waals surface area contributed by atoms with Crippen molar-refractivity contribution in [3.05, 3.63) is 28.2 Å². The number of halogens is 1. The monoisotopic (exact) mass is 312 g/mol. The van der Waals surface area contributed by atoms with E-state index in [2.05, 4.69) is 21.2 Å². The maximum absolute atomic E-state index is 12.1. The number of aliphatic hydroxyl groups excluding tert-OH is 1. The van der Waals surface area contributed by atoms with Crippen LogP contribution in [-0.2, 0) is 0 Å². The molecule has 1 aliphatic rings. The van der Waals surface area contributed by atoms with Crippen molar-refractivity contribution in [3.8, 4) is 0 Å². The predicted molar refractivity (Wildman–Crippen MR) is 74.7 cm³/mol. The maximum atomic E-state index is 12.1. The fraction of sp³-hybridized carbons (Fsp3) is 0.462. The van der Waals surface area contributed by atoms with Crippen molar-refractivity contribution < 1.29 is 9.90 Å². The third kappa shape index (κ3) is 3.23. The SMILES string of the molecule is Cc1ccc(Br)cc1NC(=O)N1CCC[C@@H](O)C1. The number of benzene rings is 1. The molecular weight excluding hydrogens is 296 g/mol. The van der Waals surface area contributed by atoms with Gasteiger partial charge < -0.3 is 15.3 Å². The van der Waals surface area contributed by atoms with Gasteiger partial charge in [-0.25, -0.2) is 4.79 Å². The molecule has 0 spiro atoms. The number of nitrogens with zero attached hydrogens (tertiary/aromatic N) is 1. The van der Waals surface area contributed by atoms with Crippen LogP contribution >= 0.6 is 15.9 Å². The Kier molecular flexibility index (Phi) is 4.24. The Morgan fingerprint density at radius 2 is 2.33 bits per heavy atom. The summed E-state index contributed by atoms with van der Waals surface area (Å²) < 4.78 is 0.932. The standard InChI is InChI=1S/C13H17BrN2O2/c1-9-4-5-10(14)7-12(9)15-13(18)16-6-2-3-11(17)8-16/h4-5,7,11,17H,2-3,6,8H2,1H3,(H,15,18)/t11-/m1/s1. The number of rotatable bonds is 1. The summed E-state index contributed by atoms with van der Waals surface area (Å²) in [6.45, 7) is 3.07. The highest BCUT2D eigenvalue weighted by atomic mass is 79.9. The van der Waals surface area contributed by atoms with E-state index in [1.54, 1.807) is 4.90 Å². The molecule has 1 aromatic carbocycles. The lowest BCUT2D eigenvalue weighted by atomic mass is 10.1. The summed E-state index contributed by atoms with van der Waals surface area (Å²) >= 11 is 3.39. The van der Waals surface area contributed by atoms with E-state index in [1.165, 1.54) is 0 Å². The van der Waals surface area contributed by atoms with Gasteiger partial charge in [-0.05, 0) is 37.5 Å². The zero-order valence-corrected chi connectivity index (χ0v) is 11.9. The molecule has 0 unspecified atom stereocenters. The minimum atomic E-state index is -0.395. The normalized spacial score (nSPS) is 19.7. The third-order valence-electron chi connectivity index (χ3n) is 3.12. The number of nitrogens with one attached hydrogen (secondary N) is 1. The zero-order valence-electron chi connectivity index (χ0n) is 10.3. The Hall–Kier alpha value is -1.07. The van der Waals surface area contributed by atoms with Crippen LogP contribution in [0, 0.1) is 6.92 Å². The number of anilines is 1.